The van der Waals surface area contributed by atoms with Crippen molar-refractivity contribution in [1.82, 2.24) is 0 Å². The van der Waals surface area contributed by atoms with E-state index in [1.807, 2.05) is 0 Å². The summed E-state index contributed by atoms with van der Waals surface area (Å²) < 4.78 is 88.8. The Morgan fingerprint density at radius 2 is 0.840 bits per heavy atom. The molecule has 0 aliphatic heterocycles. The molecule has 2 aromatic rings. The SMILES string of the molecule is Nc1ccc(OC(Oc2ccc(N)cc2)(C(F)(F)F)C(F)(F)F)cc1. The second kappa shape index (κ2) is 6.26. The number of hydrogen-bond acceptors (Lipinski definition) is 4. The number of alkyl halides is 6. The van der Waals surface area contributed by atoms with Gasteiger partial charge in [0.05, 0.1) is 0 Å². The van der Waals surface area contributed by atoms with Crippen molar-refractivity contribution in [3.05, 3.63) is 48.5 Å². The maximum absolute atomic E-state index is 13.4. The van der Waals surface area contributed by atoms with Gasteiger partial charge in [0.15, 0.2) is 0 Å². The van der Waals surface area contributed by atoms with Gasteiger partial charge in [-0.05, 0) is 48.5 Å². The van der Waals surface area contributed by atoms with Crippen LogP contribution in [0.2, 0.25) is 0 Å². The largest absolute Gasteiger partial charge is 0.478 e. The summed E-state index contributed by atoms with van der Waals surface area (Å²) >= 11 is 0. The highest BCUT2D eigenvalue weighted by molar-refractivity contribution is 5.43. The van der Waals surface area contributed by atoms with Gasteiger partial charge in [0.25, 0.3) is 0 Å². The molecule has 0 saturated heterocycles. The molecule has 2 aromatic carbocycles. The number of ether oxygens (including phenoxy) is 2. The Kier molecular flexibility index (Phi) is 4.65. The Balaban J connectivity index is 2.51. The van der Waals surface area contributed by atoms with Crippen LogP contribution in [-0.2, 0) is 0 Å². The van der Waals surface area contributed by atoms with E-state index in [4.69, 9.17) is 11.5 Å². The van der Waals surface area contributed by atoms with Gasteiger partial charge in [-0.2, -0.15) is 26.3 Å². The summed E-state index contributed by atoms with van der Waals surface area (Å²) in [5.41, 5.74) is 11.0. The lowest BCUT2D eigenvalue weighted by Gasteiger charge is -2.36. The summed E-state index contributed by atoms with van der Waals surface area (Å²) in [4.78, 5) is 0. The highest BCUT2D eigenvalue weighted by atomic mass is 19.4. The Bertz CT molecular complexity index is 647. The first-order chi connectivity index (χ1) is 11.4. The van der Waals surface area contributed by atoms with Gasteiger partial charge >= 0.3 is 18.1 Å². The van der Waals surface area contributed by atoms with E-state index in [-0.39, 0.29) is 11.4 Å². The normalized spacial score (nSPS) is 12.7. The lowest BCUT2D eigenvalue weighted by Crippen LogP contribution is -2.65. The third-order valence-electron chi connectivity index (χ3n) is 3.03. The number of nitrogen functional groups attached to an aromatic ring is 2. The third-order valence-corrected chi connectivity index (χ3v) is 3.03. The molecular formula is C15H12F6N2O2. The fraction of sp³-hybridized carbons (Fsp3) is 0.200. The zero-order valence-electron chi connectivity index (χ0n) is 12.4. The molecule has 0 unspecified atom stereocenters. The van der Waals surface area contributed by atoms with Gasteiger partial charge in [0.2, 0.25) is 0 Å². The van der Waals surface area contributed by atoms with Crippen LogP contribution in [0.15, 0.2) is 48.5 Å². The van der Waals surface area contributed by atoms with Gasteiger partial charge in [-0.3, -0.25) is 0 Å². The number of benzene rings is 2. The minimum absolute atomic E-state index is 0.136. The third kappa shape index (κ3) is 3.83. The number of anilines is 2. The van der Waals surface area contributed by atoms with E-state index in [1.165, 1.54) is 0 Å². The molecule has 0 radical (unpaired) electrons. The van der Waals surface area contributed by atoms with Crippen LogP contribution in [0.25, 0.3) is 0 Å². The average Bonchev–Trinajstić information content (AvgIpc) is 2.48. The van der Waals surface area contributed by atoms with E-state index < -0.39 is 29.6 Å². The zero-order chi connectivity index (χ0) is 18.9. The molecule has 0 amide bonds. The van der Waals surface area contributed by atoms with Crippen molar-refractivity contribution in [3.63, 3.8) is 0 Å². The molecular weight excluding hydrogens is 354 g/mol. The first kappa shape index (κ1) is 18.6. The molecule has 0 aliphatic rings. The highest BCUT2D eigenvalue weighted by Gasteiger charge is 2.77. The molecule has 0 spiro atoms. The second-order valence-corrected chi connectivity index (χ2v) is 4.95. The molecule has 2 rings (SSSR count). The first-order valence-electron chi connectivity index (χ1n) is 6.67. The molecule has 0 bridgehead atoms. The molecule has 4 nitrogen and oxygen atoms in total. The Morgan fingerprint density at radius 1 is 0.560 bits per heavy atom. The molecule has 10 heteroatoms. The minimum Gasteiger partial charge on any atom is -0.438 e. The van der Waals surface area contributed by atoms with Crippen molar-refractivity contribution >= 4 is 11.4 Å². The molecule has 0 fully saturated rings. The molecule has 0 aromatic heterocycles. The minimum atomic E-state index is -5.94. The summed E-state index contributed by atoms with van der Waals surface area (Å²) in [7, 11) is 0. The Labute approximate surface area is 137 Å². The Hall–Kier alpha value is -2.78. The molecule has 0 heterocycles. The highest BCUT2D eigenvalue weighted by Crippen LogP contribution is 2.47. The van der Waals surface area contributed by atoms with Crippen LogP contribution < -0.4 is 20.9 Å². The van der Waals surface area contributed by atoms with E-state index >= 15 is 0 Å². The predicted molar refractivity (Wildman–Crippen MR) is 77.8 cm³/mol. The summed E-state index contributed by atoms with van der Waals surface area (Å²) in [6, 6.07) is 7.85. The van der Waals surface area contributed by atoms with Crippen LogP contribution in [0.3, 0.4) is 0 Å². The van der Waals surface area contributed by atoms with E-state index in [0.717, 1.165) is 48.5 Å². The van der Waals surface area contributed by atoms with E-state index in [9.17, 15) is 26.3 Å². The smallest absolute Gasteiger partial charge is 0.438 e. The summed E-state index contributed by atoms with van der Waals surface area (Å²) in [6.45, 7) is 0. The van der Waals surface area contributed by atoms with Crippen LogP contribution in [0.4, 0.5) is 37.7 Å². The van der Waals surface area contributed by atoms with Crippen molar-refractivity contribution in [2.45, 2.75) is 18.1 Å². The fourth-order valence-electron chi connectivity index (χ4n) is 1.82. The molecule has 136 valence electrons. The van der Waals surface area contributed by atoms with E-state index in [1.54, 1.807) is 0 Å². The maximum Gasteiger partial charge on any atom is 0.478 e. The second-order valence-electron chi connectivity index (χ2n) is 4.95. The fourth-order valence-corrected chi connectivity index (χ4v) is 1.82. The number of rotatable bonds is 4. The van der Waals surface area contributed by atoms with Crippen LogP contribution >= 0.6 is 0 Å². The summed E-state index contributed by atoms with van der Waals surface area (Å²) in [5, 5.41) is 0. The van der Waals surface area contributed by atoms with Crippen LogP contribution in [0.1, 0.15) is 0 Å². The Morgan fingerprint density at radius 3 is 1.08 bits per heavy atom. The predicted octanol–water partition coefficient (Wildman–Crippen LogP) is 4.13. The standard InChI is InChI=1S/C15H12F6N2O2/c16-14(17,18)13(15(19,20)21,24-11-5-1-9(22)2-6-11)25-12-7-3-10(23)4-8-12/h1-8H,22-23H2. The van der Waals surface area contributed by atoms with Crippen LogP contribution in [0, 0.1) is 0 Å². The number of hydrogen-bond donors (Lipinski definition) is 2. The van der Waals surface area contributed by atoms with Gasteiger partial charge in [-0.25, -0.2) is 0 Å². The lowest BCUT2D eigenvalue weighted by molar-refractivity contribution is -0.422. The lowest BCUT2D eigenvalue weighted by atomic mass is 10.2. The van der Waals surface area contributed by atoms with E-state index in [2.05, 4.69) is 9.47 Å². The van der Waals surface area contributed by atoms with Gasteiger partial charge in [-0.1, -0.05) is 0 Å². The van der Waals surface area contributed by atoms with Crippen molar-refractivity contribution in [2.75, 3.05) is 11.5 Å². The number of halogens is 6. The monoisotopic (exact) mass is 366 g/mol. The van der Waals surface area contributed by atoms with Crippen molar-refractivity contribution in [3.8, 4) is 11.5 Å². The molecule has 0 saturated carbocycles. The van der Waals surface area contributed by atoms with Gasteiger partial charge in [-0.15, -0.1) is 0 Å². The van der Waals surface area contributed by atoms with Gasteiger partial charge in [0, 0.05) is 11.4 Å². The quantitative estimate of drug-likeness (QED) is 0.485. The number of nitrogens with two attached hydrogens (primary N) is 2. The summed E-state index contributed by atoms with van der Waals surface area (Å²) in [5.74, 6) is -6.36. The van der Waals surface area contributed by atoms with Gasteiger partial charge in [0.1, 0.15) is 11.5 Å². The molecule has 0 aliphatic carbocycles. The zero-order valence-corrected chi connectivity index (χ0v) is 12.4. The van der Waals surface area contributed by atoms with Crippen molar-refractivity contribution in [2.24, 2.45) is 0 Å². The first-order valence-corrected chi connectivity index (χ1v) is 6.67. The summed E-state index contributed by atoms with van der Waals surface area (Å²) in [6.07, 6.45) is -11.9. The average molecular weight is 366 g/mol. The molecule has 25 heavy (non-hydrogen) atoms. The van der Waals surface area contributed by atoms with Gasteiger partial charge < -0.3 is 20.9 Å². The van der Waals surface area contributed by atoms with Crippen LogP contribution in [-0.4, -0.2) is 18.1 Å². The molecule has 4 N–H and O–H groups in total. The maximum atomic E-state index is 13.4. The van der Waals surface area contributed by atoms with Crippen molar-refractivity contribution in [1.29, 1.82) is 0 Å². The van der Waals surface area contributed by atoms with Crippen LogP contribution in [0.5, 0.6) is 11.5 Å². The topological polar surface area (TPSA) is 70.5 Å². The van der Waals surface area contributed by atoms with Crippen molar-refractivity contribution < 1.29 is 35.8 Å². The molecule has 0 atom stereocenters. The van der Waals surface area contributed by atoms with E-state index in [0.29, 0.717) is 0 Å².